The van der Waals surface area contributed by atoms with Crippen LogP contribution in [0.4, 0.5) is 0 Å². The first-order valence-electron chi connectivity index (χ1n) is 4.64. The minimum Gasteiger partial charge on any atom is -0.344 e. The van der Waals surface area contributed by atoms with E-state index < -0.39 is 9.84 Å². The van der Waals surface area contributed by atoms with Gasteiger partial charge in [-0.1, -0.05) is 11.6 Å². The van der Waals surface area contributed by atoms with Crippen molar-refractivity contribution in [1.82, 2.24) is 9.80 Å². The molecule has 0 amide bonds. The Morgan fingerprint density at radius 1 is 1.33 bits per heavy atom. The number of nitrogens with zero attached hydrogens (tertiary/aromatic N) is 3. The molecule has 2 aliphatic rings. The lowest BCUT2D eigenvalue weighted by atomic mass is 10.3. The maximum atomic E-state index is 11.7. The van der Waals surface area contributed by atoms with E-state index in [-0.39, 0.29) is 9.53 Å². The summed E-state index contributed by atoms with van der Waals surface area (Å²) < 4.78 is 23.2. The van der Waals surface area contributed by atoms with Crippen LogP contribution in [0.15, 0.2) is 15.6 Å². The lowest BCUT2D eigenvalue weighted by molar-refractivity contribution is 0.217. The minimum atomic E-state index is -3.50. The van der Waals surface area contributed by atoms with Gasteiger partial charge in [-0.25, -0.2) is 13.4 Å². The van der Waals surface area contributed by atoms with E-state index in [9.17, 15) is 8.42 Å². The van der Waals surface area contributed by atoms with Crippen LogP contribution in [0.5, 0.6) is 0 Å². The van der Waals surface area contributed by atoms with Gasteiger partial charge in [0, 0.05) is 26.2 Å². The summed E-state index contributed by atoms with van der Waals surface area (Å²) in [6.45, 7) is 3.03. The molecule has 0 atom stereocenters. The van der Waals surface area contributed by atoms with Gasteiger partial charge in [0.05, 0.1) is 6.20 Å². The molecule has 2 rings (SSSR count). The van der Waals surface area contributed by atoms with E-state index in [0.717, 1.165) is 13.1 Å². The summed E-state index contributed by atoms with van der Waals surface area (Å²) >= 11 is 5.57. The predicted octanol–water partition coefficient (Wildman–Crippen LogP) is 0.0559. The zero-order valence-electron chi connectivity index (χ0n) is 8.35. The monoisotopic (exact) mass is 249 g/mol. The Hall–Kier alpha value is -0.590. The molecule has 7 heteroatoms. The SMILES string of the molecule is CN1CCN(C2=NC=C(Cl)S2(=O)=O)CC1. The molecule has 0 spiro atoms. The standard InChI is InChI=1S/C8H12ClN3O2S/c1-11-2-4-12(5-3-11)8-10-6-7(9)15(8,13)14/h6H,2-5H2,1H3. The quantitative estimate of drug-likeness (QED) is 0.609. The molecule has 0 radical (unpaired) electrons. The Morgan fingerprint density at radius 3 is 2.40 bits per heavy atom. The van der Waals surface area contributed by atoms with E-state index in [1.165, 1.54) is 6.20 Å². The van der Waals surface area contributed by atoms with Gasteiger partial charge in [0.25, 0.3) is 9.84 Å². The highest BCUT2D eigenvalue weighted by Crippen LogP contribution is 2.23. The highest BCUT2D eigenvalue weighted by atomic mass is 35.5. The Kier molecular flexibility index (Phi) is 2.74. The molecule has 0 aromatic heterocycles. The molecule has 2 heterocycles. The molecule has 1 fully saturated rings. The number of halogens is 1. The van der Waals surface area contributed by atoms with E-state index in [1.807, 2.05) is 7.05 Å². The van der Waals surface area contributed by atoms with Crippen molar-refractivity contribution in [3.63, 3.8) is 0 Å². The Balaban J connectivity index is 2.15. The first-order valence-corrected chi connectivity index (χ1v) is 6.50. The average Bonchev–Trinajstić information content (AvgIpc) is 2.44. The second-order valence-electron chi connectivity index (χ2n) is 3.64. The number of piperazine rings is 1. The predicted molar refractivity (Wildman–Crippen MR) is 59.4 cm³/mol. The number of likely N-dealkylation sites (N-methyl/N-ethyl adjacent to an activating group) is 1. The van der Waals surface area contributed by atoms with Gasteiger partial charge in [0.1, 0.15) is 0 Å². The normalized spacial score (nSPS) is 26.4. The van der Waals surface area contributed by atoms with Crippen molar-refractivity contribution in [1.29, 1.82) is 0 Å². The molecule has 1 saturated heterocycles. The van der Waals surface area contributed by atoms with Crippen LogP contribution in [0, 0.1) is 0 Å². The first kappa shape index (κ1) is 10.9. The van der Waals surface area contributed by atoms with Gasteiger partial charge in [-0.05, 0) is 7.05 Å². The Labute approximate surface area is 93.9 Å². The molecule has 5 nitrogen and oxygen atoms in total. The number of amidine groups is 1. The topological polar surface area (TPSA) is 53.0 Å². The van der Waals surface area contributed by atoms with Gasteiger partial charge >= 0.3 is 0 Å². The first-order chi connectivity index (χ1) is 7.01. The smallest absolute Gasteiger partial charge is 0.252 e. The molecule has 15 heavy (non-hydrogen) atoms. The highest BCUT2D eigenvalue weighted by molar-refractivity contribution is 8.11. The number of hydrogen-bond donors (Lipinski definition) is 0. The van der Waals surface area contributed by atoms with Crippen molar-refractivity contribution in [3.8, 4) is 0 Å². The molecule has 0 unspecified atom stereocenters. The largest absolute Gasteiger partial charge is 0.344 e. The van der Waals surface area contributed by atoms with Crippen LogP contribution < -0.4 is 0 Å². The van der Waals surface area contributed by atoms with Gasteiger partial charge < -0.3 is 9.80 Å². The lowest BCUT2D eigenvalue weighted by Crippen LogP contribution is -2.48. The number of rotatable bonds is 0. The van der Waals surface area contributed by atoms with E-state index in [1.54, 1.807) is 4.90 Å². The van der Waals surface area contributed by atoms with Gasteiger partial charge in [-0.3, -0.25) is 0 Å². The fraction of sp³-hybridized carbons (Fsp3) is 0.625. The second kappa shape index (κ2) is 3.77. The number of hydrogen-bond acceptors (Lipinski definition) is 5. The van der Waals surface area contributed by atoms with E-state index in [0.29, 0.717) is 13.1 Å². The molecule has 0 aromatic carbocycles. The van der Waals surface area contributed by atoms with Crippen LogP contribution in [-0.2, 0) is 9.84 Å². The summed E-state index contributed by atoms with van der Waals surface area (Å²) in [4.78, 5) is 7.77. The number of sulfone groups is 1. The van der Waals surface area contributed by atoms with Gasteiger partial charge in [-0.15, -0.1) is 0 Å². The lowest BCUT2D eigenvalue weighted by Gasteiger charge is -2.33. The number of aliphatic imine (C=N–C) groups is 1. The molecule has 0 bridgehead atoms. The molecule has 2 aliphatic heterocycles. The Morgan fingerprint density at radius 2 is 1.93 bits per heavy atom. The summed E-state index contributed by atoms with van der Waals surface area (Å²) in [5.74, 6) is 0. The van der Waals surface area contributed by atoms with Crippen LogP contribution in [0.1, 0.15) is 0 Å². The van der Waals surface area contributed by atoms with E-state index in [4.69, 9.17) is 11.6 Å². The van der Waals surface area contributed by atoms with Gasteiger partial charge in [0.2, 0.25) is 5.17 Å². The summed E-state index contributed by atoms with van der Waals surface area (Å²) in [7, 11) is -1.49. The average molecular weight is 250 g/mol. The van der Waals surface area contributed by atoms with Crippen molar-refractivity contribution in [3.05, 3.63) is 10.6 Å². The van der Waals surface area contributed by atoms with Crippen LogP contribution in [0.3, 0.4) is 0 Å². The van der Waals surface area contributed by atoms with Crippen molar-refractivity contribution < 1.29 is 8.42 Å². The maximum absolute atomic E-state index is 11.7. The van der Waals surface area contributed by atoms with Crippen LogP contribution >= 0.6 is 11.6 Å². The van der Waals surface area contributed by atoms with Crippen molar-refractivity contribution in [2.45, 2.75) is 0 Å². The summed E-state index contributed by atoms with van der Waals surface area (Å²) in [5, 5.41) is 0.0978. The summed E-state index contributed by atoms with van der Waals surface area (Å²) in [5.41, 5.74) is 0. The zero-order chi connectivity index (χ0) is 11.1. The molecule has 0 saturated carbocycles. The fourth-order valence-corrected chi connectivity index (χ4v) is 2.92. The van der Waals surface area contributed by atoms with E-state index >= 15 is 0 Å². The fourth-order valence-electron chi connectivity index (χ4n) is 1.58. The Bertz CT molecular complexity index is 421. The summed E-state index contributed by atoms with van der Waals surface area (Å²) in [6.07, 6.45) is 1.20. The zero-order valence-corrected chi connectivity index (χ0v) is 9.92. The summed E-state index contributed by atoms with van der Waals surface area (Å²) in [6, 6.07) is 0. The van der Waals surface area contributed by atoms with Crippen LogP contribution in [0.2, 0.25) is 0 Å². The molecular formula is C8H12ClN3O2S. The second-order valence-corrected chi connectivity index (χ2v) is 6.08. The van der Waals surface area contributed by atoms with Crippen molar-refractivity contribution in [2.75, 3.05) is 33.2 Å². The van der Waals surface area contributed by atoms with Crippen molar-refractivity contribution in [2.24, 2.45) is 4.99 Å². The highest BCUT2D eigenvalue weighted by Gasteiger charge is 2.33. The molecule has 0 N–H and O–H groups in total. The van der Waals surface area contributed by atoms with Gasteiger partial charge in [0.15, 0.2) is 4.36 Å². The van der Waals surface area contributed by atoms with E-state index in [2.05, 4.69) is 9.89 Å². The minimum absolute atomic E-state index is 0.0978. The molecule has 84 valence electrons. The maximum Gasteiger partial charge on any atom is 0.252 e. The molecule has 0 aliphatic carbocycles. The van der Waals surface area contributed by atoms with Crippen molar-refractivity contribution >= 4 is 26.6 Å². The third-order valence-electron chi connectivity index (χ3n) is 2.55. The van der Waals surface area contributed by atoms with Gasteiger partial charge in [-0.2, -0.15) is 0 Å². The third-order valence-corrected chi connectivity index (χ3v) is 4.72. The van der Waals surface area contributed by atoms with Crippen LogP contribution in [0.25, 0.3) is 0 Å². The molecule has 0 aromatic rings. The van der Waals surface area contributed by atoms with Crippen LogP contribution in [-0.4, -0.2) is 56.6 Å². The third kappa shape index (κ3) is 1.89. The molecular weight excluding hydrogens is 238 g/mol.